The summed E-state index contributed by atoms with van der Waals surface area (Å²) in [5.41, 5.74) is 5.89. The molecule has 0 spiro atoms. The summed E-state index contributed by atoms with van der Waals surface area (Å²) in [6, 6.07) is 19.9. The van der Waals surface area contributed by atoms with Crippen LogP contribution in [0.2, 0.25) is 5.02 Å². The number of benzene rings is 3. The third-order valence-corrected chi connectivity index (χ3v) is 5.64. The standard InChI is InChI=1S/C29H24ClN3O4/c1-3-7-20-12-19(17-32-33-29(34)27-15-23-14-24(30)10-11-25(23)37-27)13-26(35-4-2)28(20)36-18-22-9-6-5-8-21(22)16-31/h3,5-6,8-15,17H,1,4,7,18H2,2H3,(H,33,34). The van der Waals surface area contributed by atoms with Gasteiger partial charge in [-0.1, -0.05) is 35.9 Å². The molecule has 0 unspecified atom stereocenters. The lowest BCUT2D eigenvalue weighted by atomic mass is 10.1. The maximum absolute atomic E-state index is 12.5. The Hall–Kier alpha value is -4.54. The minimum absolute atomic E-state index is 0.123. The summed E-state index contributed by atoms with van der Waals surface area (Å²) in [6.45, 7) is 6.35. The van der Waals surface area contributed by atoms with Crippen LogP contribution in [0.4, 0.5) is 0 Å². The van der Waals surface area contributed by atoms with Gasteiger partial charge in [-0.3, -0.25) is 4.79 Å². The molecular weight excluding hydrogens is 490 g/mol. The van der Waals surface area contributed by atoms with Crippen LogP contribution in [0.1, 0.15) is 39.7 Å². The molecule has 1 aromatic heterocycles. The molecule has 4 rings (SSSR count). The van der Waals surface area contributed by atoms with Crippen LogP contribution in [0.15, 0.2) is 82.8 Å². The predicted molar refractivity (Wildman–Crippen MR) is 143 cm³/mol. The highest BCUT2D eigenvalue weighted by Gasteiger charge is 2.15. The van der Waals surface area contributed by atoms with Crippen LogP contribution in [-0.2, 0) is 13.0 Å². The number of ether oxygens (including phenoxy) is 2. The number of halogens is 1. The van der Waals surface area contributed by atoms with Gasteiger partial charge in [0.25, 0.3) is 0 Å². The van der Waals surface area contributed by atoms with Gasteiger partial charge in [0.05, 0.1) is 24.5 Å². The molecule has 186 valence electrons. The van der Waals surface area contributed by atoms with Gasteiger partial charge in [-0.2, -0.15) is 10.4 Å². The number of hydrazone groups is 1. The molecule has 0 aliphatic carbocycles. The summed E-state index contributed by atoms with van der Waals surface area (Å²) < 4.78 is 17.6. The second-order valence-corrected chi connectivity index (χ2v) is 8.42. The lowest BCUT2D eigenvalue weighted by Crippen LogP contribution is -2.16. The first-order valence-electron chi connectivity index (χ1n) is 11.6. The van der Waals surface area contributed by atoms with Gasteiger partial charge in [-0.25, -0.2) is 5.43 Å². The third-order valence-electron chi connectivity index (χ3n) is 5.41. The number of hydrogen-bond donors (Lipinski definition) is 1. The number of nitriles is 1. The molecule has 0 atom stereocenters. The highest BCUT2D eigenvalue weighted by Crippen LogP contribution is 2.34. The Bertz CT molecular complexity index is 1520. The number of furan rings is 1. The van der Waals surface area contributed by atoms with E-state index in [1.54, 1.807) is 42.5 Å². The zero-order valence-corrected chi connectivity index (χ0v) is 20.9. The molecule has 37 heavy (non-hydrogen) atoms. The van der Waals surface area contributed by atoms with E-state index in [4.69, 9.17) is 25.5 Å². The fraction of sp³-hybridized carbons (Fsp3) is 0.138. The molecule has 4 aromatic rings. The van der Waals surface area contributed by atoms with E-state index in [0.717, 1.165) is 16.5 Å². The summed E-state index contributed by atoms with van der Waals surface area (Å²) in [7, 11) is 0. The normalized spacial score (nSPS) is 10.8. The third kappa shape index (κ3) is 6.18. The van der Waals surface area contributed by atoms with E-state index in [2.05, 4.69) is 23.2 Å². The van der Waals surface area contributed by atoms with E-state index in [-0.39, 0.29) is 12.4 Å². The fourth-order valence-electron chi connectivity index (χ4n) is 3.74. The minimum Gasteiger partial charge on any atom is -0.490 e. The van der Waals surface area contributed by atoms with Gasteiger partial charge >= 0.3 is 5.91 Å². The van der Waals surface area contributed by atoms with Crippen molar-refractivity contribution in [1.82, 2.24) is 5.43 Å². The number of allylic oxidation sites excluding steroid dienone is 1. The molecule has 0 saturated carbocycles. The first kappa shape index (κ1) is 25.5. The van der Waals surface area contributed by atoms with Crippen molar-refractivity contribution in [3.63, 3.8) is 0 Å². The summed E-state index contributed by atoms with van der Waals surface area (Å²) in [5.74, 6) is 0.726. The first-order chi connectivity index (χ1) is 18.0. The van der Waals surface area contributed by atoms with Crippen LogP contribution < -0.4 is 14.9 Å². The monoisotopic (exact) mass is 513 g/mol. The molecule has 1 amide bonds. The molecule has 8 heteroatoms. The van der Waals surface area contributed by atoms with E-state index in [0.29, 0.717) is 46.3 Å². The number of hydrogen-bond acceptors (Lipinski definition) is 6. The Labute approximate surface area is 219 Å². The zero-order chi connectivity index (χ0) is 26.2. The Morgan fingerprint density at radius 3 is 2.78 bits per heavy atom. The van der Waals surface area contributed by atoms with Crippen molar-refractivity contribution in [3.05, 3.63) is 106 Å². The number of nitrogens with one attached hydrogen (secondary N) is 1. The van der Waals surface area contributed by atoms with Crippen LogP contribution in [0.25, 0.3) is 11.0 Å². The Balaban J connectivity index is 1.54. The molecule has 0 saturated heterocycles. The molecular formula is C29H24ClN3O4. The molecule has 0 aliphatic rings. The maximum atomic E-state index is 12.5. The van der Waals surface area contributed by atoms with E-state index in [1.165, 1.54) is 6.21 Å². The van der Waals surface area contributed by atoms with Crippen LogP contribution in [0.3, 0.4) is 0 Å². The molecule has 3 aromatic carbocycles. The maximum Gasteiger partial charge on any atom is 0.307 e. The molecule has 1 heterocycles. The minimum atomic E-state index is -0.490. The van der Waals surface area contributed by atoms with Crippen molar-refractivity contribution in [2.24, 2.45) is 5.10 Å². The average Bonchev–Trinajstić information content (AvgIpc) is 3.32. The van der Waals surface area contributed by atoms with E-state index >= 15 is 0 Å². The number of fused-ring (bicyclic) bond motifs is 1. The van der Waals surface area contributed by atoms with Crippen molar-refractivity contribution < 1.29 is 18.7 Å². The van der Waals surface area contributed by atoms with Crippen LogP contribution in [-0.4, -0.2) is 18.7 Å². The van der Waals surface area contributed by atoms with Crippen molar-refractivity contribution >= 4 is 34.7 Å². The van der Waals surface area contributed by atoms with Gasteiger partial charge in [-0.05, 0) is 61.4 Å². The topological polar surface area (TPSA) is 96.8 Å². The number of amides is 1. The lowest BCUT2D eigenvalue weighted by molar-refractivity contribution is 0.0929. The van der Waals surface area contributed by atoms with Crippen molar-refractivity contribution in [2.75, 3.05) is 6.61 Å². The Kier molecular flexibility index (Phi) is 8.24. The number of carbonyl (C=O) groups is 1. The van der Waals surface area contributed by atoms with E-state index in [9.17, 15) is 10.1 Å². The van der Waals surface area contributed by atoms with Gasteiger partial charge in [0, 0.05) is 21.5 Å². The summed E-state index contributed by atoms with van der Waals surface area (Å²) >= 11 is 6.00. The highest BCUT2D eigenvalue weighted by molar-refractivity contribution is 6.31. The van der Waals surface area contributed by atoms with Crippen LogP contribution >= 0.6 is 11.6 Å². The molecule has 0 fully saturated rings. The average molecular weight is 514 g/mol. The summed E-state index contributed by atoms with van der Waals surface area (Å²) in [5, 5.41) is 14.7. The summed E-state index contributed by atoms with van der Waals surface area (Å²) in [4.78, 5) is 12.5. The Morgan fingerprint density at radius 1 is 1.16 bits per heavy atom. The molecule has 1 N–H and O–H groups in total. The van der Waals surface area contributed by atoms with Crippen LogP contribution in [0, 0.1) is 11.3 Å². The number of nitrogens with zero attached hydrogens (tertiary/aromatic N) is 2. The second kappa shape index (κ2) is 11.9. The first-order valence-corrected chi connectivity index (χ1v) is 11.9. The van der Waals surface area contributed by atoms with E-state index in [1.807, 2.05) is 31.2 Å². The van der Waals surface area contributed by atoms with Gasteiger partial charge in [0.15, 0.2) is 17.3 Å². The molecule has 0 aliphatic heterocycles. The van der Waals surface area contributed by atoms with Gasteiger partial charge in [0.2, 0.25) is 0 Å². The smallest absolute Gasteiger partial charge is 0.307 e. The highest BCUT2D eigenvalue weighted by atomic mass is 35.5. The van der Waals surface area contributed by atoms with Crippen molar-refractivity contribution in [1.29, 1.82) is 5.26 Å². The largest absolute Gasteiger partial charge is 0.490 e. The lowest BCUT2D eigenvalue weighted by Gasteiger charge is -2.17. The summed E-state index contributed by atoms with van der Waals surface area (Å²) in [6.07, 6.45) is 3.80. The molecule has 7 nitrogen and oxygen atoms in total. The van der Waals surface area contributed by atoms with Crippen molar-refractivity contribution in [3.8, 4) is 17.6 Å². The van der Waals surface area contributed by atoms with Gasteiger partial charge < -0.3 is 13.9 Å². The number of rotatable bonds is 10. The van der Waals surface area contributed by atoms with Gasteiger partial charge in [-0.15, -0.1) is 6.58 Å². The van der Waals surface area contributed by atoms with Gasteiger partial charge in [0.1, 0.15) is 12.2 Å². The second-order valence-electron chi connectivity index (χ2n) is 7.98. The number of carbonyl (C=O) groups excluding carboxylic acids is 1. The predicted octanol–water partition coefficient (Wildman–Crippen LogP) is 6.43. The van der Waals surface area contributed by atoms with E-state index < -0.39 is 5.91 Å². The van der Waals surface area contributed by atoms with Crippen LogP contribution in [0.5, 0.6) is 11.5 Å². The SMILES string of the molecule is C=CCc1cc(C=NNC(=O)c2cc3cc(Cl)ccc3o2)cc(OCC)c1OCc1ccccc1C#N. The van der Waals surface area contributed by atoms with Crippen molar-refractivity contribution in [2.45, 2.75) is 20.0 Å². The molecule has 0 radical (unpaired) electrons. The zero-order valence-electron chi connectivity index (χ0n) is 20.2. The fourth-order valence-corrected chi connectivity index (χ4v) is 3.92. The molecule has 0 bridgehead atoms. The Morgan fingerprint density at radius 2 is 2.00 bits per heavy atom. The quantitative estimate of drug-likeness (QED) is 0.150.